The first-order valence-corrected chi connectivity index (χ1v) is 7.70. The van der Waals surface area contributed by atoms with Crippen LogP contribution in [0.3, 0.4) is 0 Å². The van der Waals surface area contributed by atoms with Crippen LogP contribution in [0.5, 0.6) is 5.75 Å². The summed E-state index contributed by atoms with van der Waals surface area (Å²) in [5.74, 6) is 8.42. The molecule has 0 N–H and O–H groups in total. The van der Waals surface area contributed by atoms with Gasteiger partial charge in [0.15, 0.2) is 0 Å². The van der Waals surface area contributed by atoms with E-state index in [9.17, 15) is 0 Å². The number of halogens is 1. The van der Waals surface area contributed by atoms with Crippen molar-refractivity contribution in [3.05, 3.63) is 29.8 Å². The lowest BCUT2D eigenvalue weighted by Crippen LogP contribution is -2.15. The van der Waals surface area contributed by atoms with E-state index in [0.717, 1.165) is 30.3 Å². The molecule has 1 nitrogen and oxygen atoms in total. The van der Waals surface area contributed by atoms with Crippen LogP contribution in [0.4, 0.5) is 0 Å². The molecule has 1 aliphatic rings. The van der Waals surface area contributed by atoms with E-state index in [1.54, 1.807) is 0 Å². The first-order valence-electron chi connectivity index (χ1n) is 7.17. The zero-order valence-corrected chi connectivity index (χ0v) is 12.1. The van der Waals surface area contributed by atoms with Gasteiger partial charge in [-0.15, -0.1) is 11.6 Å². The van der Waals surface area contributed by atoms with Crippen molar-refractivity contribution in [1.82, 2.24) is 0 Å². The molecule has 1 saturated carbocycles. The Labute approximate surface area is 121 Å². The van der Waals surface area contributed by atoms with Crippen LogP contribution in [-0.2, 0) is 0 Å². The van der Waals surface area contributed by atoms with Crippen molar-refractivity contribution in [2.45, 2.75) is 38.5 Å². The van der Waals surface area contributed by atoms with E-state index in [1.807, 2.05) is 24.3 Å². The highest BCUT2D eigenvalue weighted by atomic mass is 35.5. The smallest absolute Gasteiger partial charge is 0.134 e. The summed E-state index contributed by atoms with van der Waals surface area (Å²) in [5.41, 5.74) is 0.975. The molecule has 0 amide bonds. The van der Waals surface area contributed by atoms with Crippen LogP contribution in [0.15, 0.2) is 24.3 Å². The molecule has 1 fully saturated rings. The second-order valence-electron chi connectivity index (χ2n) is 5.05. The van der Waals surface area contributed by atoms with Crippen molar-refractivity contribution < 1.29 is 4.74 Å². The largest absolute Gasteiger partial charge is 0.492 e. The average Bonchev–Trinajstić information content (AvgIpc) is 2.48. The Kier molecular flexibility index (Phi) is 6.11. The zero-order chi connectivity index (χ0) is 13.3. The van der Waals surface area contributed by atoms with E-state index < -0.39 is 0 Å². The number of ether oxygens (including phenoxy) is 1. The summed E-state index contributed by atoms with van der Waals surface area (Å²) in [5, 5.41) is 0. The monoisotopic (exact) mass is 276 g/mol. The molecule has 0 saturated heterocycles. The zero-order valence-electron chi connectivity index (χ0n) is 11.3. The average molecular weight is 277 g/mol. The molecule has 0 heterocycles. The highest BCUT2D eigenvalue weighted by molar-refractivity contribution is 6.18. The Morgan fingerprint density at radius 2 is 1.95 bits per heavy atom. The van der Waals surface area contributed by atoms with Gasteiger partial charge in [0.2, 0.25) is 0 Å². The molecule has 0 radical (unpaired) electrons. The number of hydrogen-bond acceptors (Lipinski definition) is 1. The standard InChI is InChI=1S/C17H21ClO/c18-13-7-6-11-16-10-4-5-12-17(16)19-14-15-8-2-1-3-9-15/h4-5,10,12,15H,1-3,7-9,13-14H2. The van der Waals surface area contributed by atoms with Crippen molar-refractivity contribution in [1.29, 1.82) is 0 Å². The van der Waals surface area contributed by atoms with E-state index >= 15 is 0 Å². The molecule has 1 aromatic carbocycles. The molecule has 0 aliphatic heterocycles. The van der Waals surface area contributed by atoms with E-state index in [0.29, 0.717) is 5.88 Å². The summed E-state index contributed by atoms with van der Waals surface area (Å²) in [7, 11) is 0. The van der Waals surface area contributed by atoms with Gasteiger partial charge in [0.25, 0.3) is 0 Å². The molecule has 102 valence electrons. The predicted octanol–water partition coefficient (Wildman–Crippen LogP) is 4.63. The topological polar surface area (TPSA) is 9.23 Å². The number of rotatable bonds is 4. The van der Waals surface area contributed by atoms with Gasteiger partial charge in [-0.05, 0) is 30.9 Å². The fourth-order valence-corrected chi connectivity index (χ4v) is 2.56. The minimum absolute atomic E-state index is 0.581. The van der Waals surface area contributed by atoms with Crippen molar-refractivity contribution in [3.63, 3.8) is 0 Å². The molecule has 0 unspecified atom stereocenters. The van der Waals surface area contributed by atoms with Gasteiger partial charge in [-0.25, -0.2) is 0 Å². The Morgan fingerprint density at radius 3 is 2.74 bits per heavy atom. The lowest BCUT2D eigenvalue weighted by Gasteiger charge is -2.21. The number of para-hydroxylation sites is 1. The number of benzene rings is 1. The quantitative estimate of drug-likeness (QED) is 0.576. The van der Waals surface area contributed by atoms with Crippen molar-refractivity contribution >= 4 is 11.6 Å². The van der Waals surface area contributed by atoms with Gasteiger partial charge in [-0.3, -0.25) is 0 Å². The van der Waals surface area contributed by atoms with E-state index in [2.05, 4.69) is 11.8 Å². The third-order valence-corrected chi connectivity index (χ3v) is 3.72. The number of alkyl halides is 1. The molecular weight excluding hydrogens is 256 g/mol. The van der Waals surface area contributed by atoms with Crippen molar-refractivity contribution in [2.24, 2.45) is 5.92 Å². The van der Waals surface area contributed by atoms with Crippen LogP contribution in [0.1, 0.15) is 44.1 Å². The van der Waals surface area contributed by atoms with Gasteiger partial charge in [0.05, 0.1) is 12.2 Å². The minimum atomic E-state index is 0.581. The van der Waals surface area contributed by atoms with E-state index in [1.165, 1.54) is 32.1 Å². The van der Waals surface area contributed by atoms with Crippen molar-refractivity contribution in [3.8, 4) is 17.6 Å². The van der Waals surface area contributed by atoms with Gasteiger partial charge < -0.3 is 4.74 Å². The maximum atomic E-state index is 5.97. The van der Waals surface area contributed by atoms with Crippen LogP contribution in [-0.4, -0.2) is 12.5 Å². The van der Waals surface area contributed by atoms with Crippen LogP contribution in [0, 0.1) is 17.8 Å². The lowest BCUT2D eigenvalue weighted by molar-refractivity contribution is 0.208. The maximum absolute atomic E-state index is 5.97. The molecule has 19 heavy (non-hydrogen) atoms. The van der Waals surface area contributed by atoms with Gasteiger partial charge in [0, 0.05) is 12.3 Å². The predicted molar refractivity (Wildman–Crippen MR) is 80.7 cm³/mol. The summed E-state index contributed by atoms with van der Waals surface area (Å²) in [6.45, 7) is 0.828. The highest BCUT2D eigenvalue weighted by Gasteiger charge is 2.14. The summed E-state index contributed by atoms with van der Waals surface area (Å²) in [4.78, 5) is 0. The van der Waals surface area contributed by atoms with Crippen LogP contribution in [0.25, 0.3) is 0 Å². The first-order chi connectivity index (χ1) is 9.40. The minimum Gasteiger partial charge on any atom is -0.492 e. The van der Waals surface area contributed by atoms with Crippen LogP contribution < -0.4 is 4.74 Å². The third-order valence-electron chi connectivity index (χ3n) is 3.53. The molecule has 0 bridgehead atoms. The molecule has 1 aromatic rings. The summed E-state index contributed by atoms with van der Waals surface area (Å²) in [6, 6.07) is 8.02. The van der Waals surface area contributed by atoms with Crippen LogP contribution in [0.2, 0.25) is 0 Å². The Bertz CT molecular complexity index is 438. The second kappa shape index (κ2) is 8.12. The molecule has 0 spiro atoms. The lowest BCUT2D eigenvalue weighted by atomic mass is 9.90. The summed E-state index contributed by atoms with van der Waals surface area (Å²) >= 11 is 5.64. The van der Waals surface area contributed by atoms with Crippen LogP contribution >= 0.6 is 11.6 Å². The normalized spacial score (nSPS) is 15.6. The molecule has 0 atom stereocenters. The van der Waals surface area contributed by atoms with Gasteiger partial charge in [-0.2, -0.15) is 0 Å². The van der Waals surface area contributed by atoms with Gasteiger partial charge >= 0.3 is 0 Å². The van der Waals surface area contributed by atoms with Crippen molar-refractivity contribution in [2.75, 3.05) is 12.5 Å². The molecule has 1 aliphatic carbocycles. The van der Waals surface area contributed by atoms with E-state index in [4.69, 9.17) is 16.3 Å². The Hall–Kier alpha value is -1.13. The summed E-state index contributed by atoms with van der Waals surface area (Å²) in [6.07, 6.45) is 7.42. The molecule has 0 aromatic heterocycles. The third kappa shape index (κ3) is 4.80. The van der Waals surface area contributed by atoms with Gasteiger partial charge in [-0.1, -0.05) is 43.2 Å². The SMILES string of the molecule is ClCCC#Cc1ccccc1OCC1CCCCC1. The van der Waals surface area contributed by atoms with E-state index in [-0.39, 0.29) is 0 Å². The molecular formula is C17H21ClO. The number of hydrogen-bond donors (Lipinski definition) is 0. The highest BCUT2D eigenvalue weighted by Crippen LogP contribution is 2.25. The molecule has 2 rings (SSSR count). The summed E-state index contributed by atoms with van der Waals surface area (Å²) < 4.78 is 5.97. The Balaban J connectivity index is 1.93. The maximum Gasteiger partial charge on any atom is 0.134 e. The fraction of sp³-hybridized carbons (Fsp3) is 0.529. The second-order valence-corrected chi connectivity index (χ2v) is 5.43. The fourth-order valence-electron chi connectivity index (χ4n) is 2.46. The first kappa shape index (κ1) is 14.3. The van der Waals surface area contributed by atoms with Gasteiger partial charge in [0.1, 0.15) is 5.75 Å². The molecule has 2 heteroatoms. The Morgan fingerprint density at radius 1 is 1.16 bits per heavy atom.